The molecule has 0 amide bonds. The van der Waals surface area contributed by atoms with Gasteiger partial charge in [0.25, 0.3) is 0 Å². The molecule has 0 bridgehead atoms. The van der Waals surface area contributed by atoms with Crippen molar-refractivity contribution < 1.29 is 0 Å². The van der Waals surface area contributed by atoms with Crippen molar-refractivity contribution in [1.82, 2.24) is 39.3 Å². The molecule has 1 aromatic carbocycles. The van der Waals surface area contributed by atoms with Crippen LogP contribution in [-0.4, -0.2) is 39.3 Å². The SMILES string of the molecule is CCCCc1cn(-c2c(C(C)(C)C)ccn2CC)c(=O)n1Cc1ccc(-c2ccccc2-c2nnn[nH]2)nc1. The van der Waals surface area contributed by atoms with Gasteiger partial charge in [0.1, 0.15) is 5.82 Å². The monoisotopic (exact) mass is 524 g/mol. The number of tetrazole rings is 1. The van der Waals surface area contributed by atoms with Crippen molar-refractivity contribution in [3.8, 4) is 28.5 Å². The van der Waals surface area contributed by atoms with E-state index in [0.717, 1.165) is 65.3 Å². The summed E-state index contributed by atoms with van der Waals surface area (Å²) in [7, 11) is 0. The van der Waals surface area contributed by atoms with Crippen LogP contribution in [0.25, 0.3) is 28.5 Å². The number of rotatable bonds is 9. The molecule has 0 unspecified atom stereocenters. The van der Waals surface area contributed by atoms with Gasteiger partial charge < -0.3 is 4.57 Å². The first kappa shape index (κ1) is 26.3. The average Bonchev–Trinajstić information content (AvgIpc) is 3.68. The zero-order valence-electron chi connectivity index (χ0n) is 23.3. The van der Waals surface area contributed by atoms with Gasteiger partial charge in [-0.05, 0) is 53.3 Å². The summed E-state index contributed by atoms with van der Waals surface area (Å²) in [5.74, 6) is 1.55. The predicted molar refractivity (Wildman–Crippen MR) is 153 cm³/mol. The van der Waals surface area contributed by atoms with E-state index in [4.69, 9.17) is 4.98 Å². The van der Waals surface area contributed by atoms with Gasteiger partial charge in [-0.2, -0.15) is 0 Å². The van der Waals surface area contributed by atoms with Crippen molar-refractivity contribution in [2.75, 3.05) is 0 Å². The number of aromatic amines is 1. The van der Waals surface area contributed by atoms with Crippen molar-refractivity contribution in [2.45, 2.75) is 72.4 Å². The van der Waals surface area contributed by atoms with Gasteiger partial charge >= 0.3 is 5.69 Å². The van der Waals surface area contributed by atoms with Crippen LogP contribution in [-0.2, 0) is 24.9 Å². The number of imidazole rings is 1. The van der Waals surface area contributed by atoms with Crippen LogP contribution in [0.2, 0.25) is 0 Å². The zero-order chi connectivity index (χ0) is 27.6. The average molecular weight is 525 g/mol. The number of nitrogens with one attached hydrogen (secondary N) is 1. The molecular weight excluding hydrogens is 488 g/mol. The fourth-order valence-electron chi connectivity index (χ4n) is 5.02. The minimum Gasteiger partial charge on any atom is -0.334 e. The number of aromatic nitrogens is 8. The number of hydrogen-bond donors (Lipinski definition) is 1. The van der Waals surface area contributed by atoms with Gasteiger partial charge in [0, 0.05) is 47.5 Å². The molecule has 0 atom stereocenters. The topological polar surface area (TPSA) is 99.2 Å². The third-order valence-electron chi connectivity index (χ3n) is 7.13. The van der Waals surface area contributed by atoms with Crippen molar-refractivity contribution in [2.24, 2.45) is 0 Å². The van der Waals surface area contributed by atoms with Gasteiger partial charge in [-0.15, -0.1) is 5.10 Å². The number of benzene rings is 1. The van der Waals surface area contributed by atoms with Crippen LogP contribution in [0.1, 0.15) is 64.3 Å². The third-order valence-corrected chi connectivity index (χ3v) is 7.13. The van der Waals surface area contributed by atoms with E-state index in [-0.39, 0.29) is 11.1 Å². The molecule has 0 spiro atoms. The Balaban J connectivity index is 1.52. The van der Waals surface area contributed by atoms with E-state index in [1.165, 1.54) is 0 Å². The Kier molecular flexibility index (Phi) is 7.32. The number of hydrogen-bond acceptors (Lipinski definition) is 5. The summed E-state index contributed by atoms with van der Waals surface area (Å²) in [5.41, 5.74) is 5.70. The molecule has 4 aromatic heterocycles. The number of aryl methyl sites for hydroxylation is 2. The molecule has 0 aliphatic heterocycles. The van der Waals surface area contributed by atoms with Crippen molar-refractivity contribution >= 4 is 0 Å². The van der Waals surface area contributed by atoms with Crippen LogP contribution < -0.4 is 5.69 Å². The third kappa shape index (κ3) is 5.21. The minimum absolute atomic E-state index is 0.0211. The summed E-state index contributed by atoms with van der Waals surface area (Å²) in [5, 5.41) is 14.3. The van der Waals surface area contributed by atoms with Crippen LogP contribution in [0.15, 0.2) is 65.8 Å². The molecule has 5 rings (SSSR count). The lowest BCUT2D eigenvalue weighted by Crippen LogP contribution is -2.28. The van der Waals surface area contributed by atoms with E-state index in [9.17, 15) is 4.79 Å². The van der Waals surface area contributed by atoms with E-state index in [2.05, 4.69) is 72.1 Å². The second kappa shape index (κ2) is 10.8. The number of H-pyrrole nitrogens is 1. The van der Waals surface area contributed by atoms with Gasteiger partial charge in [-0.25, -0.2) is 9.89 Å². The lowest BCUT2D eigenvalue weighted by molar-refractivity contribution is 0.577. The fourth-order valence-corrected chi connectivity index (χ4v) is 5.02. The first-order chi connectivity index (χ1) is 18.8. The molecule has 1 N–H and O–H groups in total. The smallest absolute Gasteiger partial charge is 0.334 e. The molecule has 9 nitrogen and oxygen atoms in total. The first-order valence-electron chi connectivity index (χ1n) is 13.6. The standard InChI is InChI=1S/C30H36N8O/c1-6-8-11-22-20-38(28-25(30(3,4)5)16-17-36(28)7-2)29(39)37(22)19-21-14-15-26(31-18-21)23-12-9-10-13-24(23)27-32-34-35-33-27/h9-10,12-18,20H,6-8,11,19H2,1-5H3,(H,32,33,34,35). The Morgan fingerprint density at radius 2 is 1.79 bits per heavy atom. The summed E-state index contributed by atoms with van der Waals surface area (Å²) in [6.07, 6.45) is 8.91. The Morgan fingerprint density at radius 3 is 2.44 bits per heavy atom. The Labute approximate surface area is 228 Å². The van der Waals surface area contributed by atoms with Gasteiger partial charge in [0.05, 0.1) is 12.2 Å². The highest BCUT2D eigenvalue weighted by atomic mass is 16.1. The summed E-state index contributed by atoms with van der Waals surface area (Å²) >= 11 is 0. The molecule has 5 aromatic rings. The van der Waals surface area contributed by atoms with E-state index in [1.807, 2.05) is 57.9 Å². The zero-order valence-corrected chi connectivity index (χ0v) is 23.3. The van der Waals surface area contributed by atoms with Crippen molar-refractivity contribution in [3.63, 3.8) is 0 Å². The van der Waals surface area contributed by atoms with Crippen LogP contribution in [0.3, 0.4) is 0 Å². The first-order valence-corrected chi connectivity index (χ1v) is 13.6. The molecular formula is C30H36N8O. The highest BCUT2D eigenvalue weighted by Crippen LogP contribution is 2.30. The fraction of sp³-hybridized carbons (Fsp3) is 0.367. The molecule has 0 saturated carbocycles. The summed E-state index contributed by atoms with van der Waals surface area (Å²) < 4.78 is 5.91. The maximum Gasteiger partial charge on any atom is 0.334 e. The largest absolute Gasteiger partial charge is 0.334 e. The van der Waals surface area contributed by atoms with Crippen LogP contribution in [0.5, 0.6) is 0 Å². The van der Waals surface area contributed by atoms with E-state index < -0.39 is 0 Å². The number of pyridine rings is 1. The molecule has 0 fully saturated rings. The Morgan fingerprint density at radius 1 is 1.00 bits per heavy atom. The lowest BCUT2D eigenvalue weighted by Gasteiger charge is -2.20. The highest BCUT2D eigenvalue weighted by molar-refractivity contribution is 5.78. The van der Waals surface area contributed by atoms with Gasteiger partial charge in [0.2, 0.25) is 0 Å². The Hall–Kier alpha value is -4.27. The summed E-state index contributed by atoms with van der Waals surface area (Å²) in [6, 6.07) is 14.1. The quantitative estimate of drug-likeness (QED) is 0.279. The molecule has 0 radical (unpaired) electrons. The second-order valence-corrected chi connectivity index (χ2v) is 10.9. The molecule has 0 aliphatic carbocycles. The molecule has 9 heteroatoms. The summed E-state index contributed by atoms with van der Waals surface area (Å²) in [4.78, 5) is 18.7. The second-order valence-electron chi connectivity index (χ2n) is 10.9. The number of unbranched alkanes of at least 4 members (excludes halogenated alkanes) is 1. The molecule has 0 saturated heterocycles. The lowest BCUT2D eigenvalue weighted by atomic mass is 9.88. The Bertz CT molecular complexity index is 1600. The van der Waals surface area contributed by atoms with Crippen LogP contribution >= 0.6 is 0 Å². The molecule has 39 heavy (non-hydrogen) atoms. The van der Waals surface area contributed by atoms with E-state index in [0.29, 0.717) is 12.4 Å². The molecule has 202 valence electrons. The van der Waals surface area contributed by atoms with E-state index in [1.54, 1.807) is 0 Å². The minimum atomic E-state index is -0.0846. The van der Waals surface area contributed by atoms with Gasteiger partial charge in [-0.1, -0.05) is 64.4 Å². The predicted octanol–water partition coefficient (Wildman–Crippen LogP) is 5.39. The van der Waals surface area contributed by atoms with Crippen molar-refractivity contribution in [3.05, 3.63) is 88.4 Å². The normalized spacial score (nSPS) is 11.8. The van der Waals surface area contributed by atoms with E-state index >= 15 is 0 Å². The highest BCUT2D eigenvalue weighted by Gasteiger charge is 2.25. The molecule has 4 heterocycles. The van der Waals surface area contributed by atoms with Crippen molar-refractivity contribution in [1.29, 1.82) is 0 Å². The number of nitrogens with zero attached hydrogens (tertiary/aromatic N) is 7. The van der Waals surface area contributed by atoms with Crippen LogP contribution in [0.4, 0.5) is 0 Å². The maximum absolute atomic E-state index is 13.9. The summed E-state index contributed by atoms with van der Waals surface area (Å²) in [6.45, 7) is 12.1. The molecule has 0 aliphatic rings. The van der Waals surface area contributed by atoms with Crippen LogP contribution in [0, 0.1) is 0 Å². The van der Waals surface area contributed by atoms with Gasteiger partial charge in [0.15, 0.2) is 5.82 Å². The maximum atomic E-state index is 13.9. The van der Waals surface area contributed by atoms with Gasteiger partial charge in [-0.3, -0.25) is 14.1 Å².